The molecule has 12 nitrogen and oxygen atoms in total. The molecule has 1 aromatic carbocycles. The number of nitrogens with zero attached hydrogens (tertiary/aromatic N) is 8. The van der Waals surface area contributed by atoms with Crippen molar-refractivity contribution in [2.24, 2.45) is 5.92 Å². The zero-order valence-corrected chi connectivity index (χ0v) is 28.1. The lowest BCUT2D eigenvalue weighted by Gasteiger charge is -2.38. The Bertz CT molecular complexity index is 1830. The summed E-state index contributed by atoms with van der Waals surface area (Å²) in [6.07, 6.45) is 18.5. The first kappa shape index (κ1) is 30.7. The van der Waals surface area contributed by atoms with Crippen LogP contribution >= 0.6 is 0 Å². The molecule has 5 fully saturated rings. The summed E-state index contributed by atoms with van der Waals surface area (Å²) in [4.78, 5) is 40.9. The van der Waals surface area contributed by atoms with Crippen molar-refractivity contribution in [3.8, 4) is 0 Å². The number of hydrogen-bond acceptors (Lipinski definition) is 9. The fourth-order valence-corrected chi connectivity index (χ4v) is 9.13. The highest BCUT2D eigenvalue weighted by Crippen LogP contribution is 2.64. The highest BCUT2D eigenvalue weighted by molar-refractivity contribution is 6.00. The second kappa shape index (κ2) is 12.5. The van der Waals surface area contributed by atoms with Crippen molar-refractivity contribution >= 4 is 34.7 Å². The summed E-state index contributed by atoms with van der Waals surface area (Å²) < 4.78 is 4.39. The van der Waals surface area contributed by atoms with Crippen LogP contribution in [0.4, 0.5) is 17.2 Å². The minimum Gasteiger partial charge on any atom is -0.369 e. The topological polar surface area (TPSA) is 116 Å². The Morgan fingerprint density at radius 2 is 1.69 bits per heavy atom. The number of piperidine rings is 2. The van der Waals surface area contributed by atoms with E-state index in [1.165, 1.54) is 37.1 Å². The third-order valence-corrected chi connectivity index (χ3v) is 12.1. The fourth-order valence-electron chi connectivity index (χ4n) is 9.13. The molecule has 4 aromatic rings. The van der Waals surface area contributed by atoms with Gasteiger partial charge in [0.15, 0.2) is 11.5 Å². The van der Waals surface area contributed by atoms with Gasteiger partial charge in [-0.2, -0.15) is 5.10 Å². The lowest BCUT2D eigenvalue weighted by atomic mass is 9.90. The van der Waals surface area contributed by atoms with E-state index in [9.17, 15) is 9.59 Å². The van der Waals surface area contributed by atoms with Gasteiger partial charge in [-0.15, -0.1) is 0 Å². The number of benzene rings is 1. The number of imidazole rings is 1. The molecule has 256 valence electrons. The van der Waals surface area contributed by atoms with Gasteiger partial charge in [-0.1, -0.05) is 18.6 Å². The minimum absolute atomic E-state index is 0.168. The highest BCUT2D eigenvalue weighted by Gasteiger charge is 2.59. The maximum absolute atomic E-state index is 12.3. The molecule has 2 N–H and O–H groups in total. The maximum atomic E-state index is 12.3. The Kier molecular flexibility index (Phi) is 7.87. The summed E-state index contributed by atoms with van der Waals surface area (Å²) in [6.45, 7) is 8.49. The molecule has 3 saturated heterocycles. The average Bonchev–Trinajstić information content (AvgIpc) is 3.56. The first-order valence-electron chi connectivity index (χ1n) is 18.3. The number of rotatable bonds is 9. The van der Waals surface area contributed by atoms with Crippen molar-refractivity contribution in [1.82, 2.24) is 39.3 Å². The Labute approximate surface area is 286 Å². The summed E-state index contributed by atoms with van der Waals surface area (Å²) in [5.74, 6) is 1.04. The molecule has 0 bridgehead atoms. The van der Waals surface area contributed by atoms with E-state index in [1.807, 2.05) is 12.4 Å². The Balaban J connectivity index is 0.727. The summed E-state index contributed by atoms with van der Waals surface area (Å²) in [5, 5.41) is 10.7. The smallest absolute Gasteiger partial charge is 0.234 e. The Morgan fingerprint density at radius 3 is 2.43 bits per heavy atom. The van der Waals surface area contributed by atoms with Crippen molar-refractivity contribution < 1.29 is 9.59 Å². The zero-order chi connectivity index (χ0) is 33.0. The van der Waals surface area contributed by atoms with Crippen LogP contribution in [0.3, 0.4) is 0 Å². The molecule has 6 heterocycles. The predicted octanol–water partition coefficient (Wildman–Crippen LogP) is 4.09. The molecule has 3 atom stereocenters. The molecule has 2 saturated carbocycles. The fraction of sp³-hybridized carbons (Fsp3) is 0.541. The van der Waals surface area contributed by atoms with Crippen LogP contribution in [0.25, 0.3) is 5.65 Å². The van der Waals surface area contributed by atoms with Gasteiger partial charge in [0, 0.05) is 100 Å². The molecule has 5 aliphatic rings. The lowest BCUT2D eigenvalue weighted by molar-refractivity contribution is -0.134. The number of amides is 2. The number of fused-ring (bicyclic) bond motifs is 2. The number of anilines is 3. The zero-order valence-electron chi connectivity index (χ0n) is 28.1. The number of piperazine rings is 1. The predicted molar refractivity (Wildman–Crippen MR) is 187 cm³/mol. The van der Waals surface area contributed by atoms with Crippen LogP contribution in [0.2, 0.25) is 0 Å². The van der Waals surface area contributed by atoms with Gasteiger partial charge in [-0.25, -0.2) is 9.97 Å². The van der Waals surface area contributed by atoms with Gasteiger partial charge in [0.25, 0.3) is 0 Å². The molecular weight excluding hydrogens is 616 g/mol. The molecule has 12 heteroatoms. The number of nitrogens with one attached hydrogen (secondary N) is 2. The average molecular weight is 663 g/mol. The van der Waals surface area contributed by atoms with Crippen molar-refractivity contribution in [2.45, 2.75) is 68.7 Å². The van der Waals surface area contributed by atoms with Crippen LogP contribution in [-0.4, -0.2) is 98.1 Å². The number of hydrogen-bond donors (Lipinski definition) is 2. The van der Waals surface area contributed by atoms with E-state index in [0.717, 1.165) is 93.8 Å². The molecule has 2 amide bonds. The van der Waals surface area contributed by atoms with Gasteiger partial charge < -0.3 is 15.1 Å². The van der Waals surface area contributed by atoms with Crippen LogP contribution in [0.15, 0.2) is 55.2 Å². The van der Waals surface area contributed by atoms with E-state index in [4.69, 9.17) is 10.1 Å². The van der Waals surface area contributed by atoms with Crippen molar-refractivity contribution in [2.75, 3.05) is 62.6 Å². The lowest BCUT2D eigenvalue weighted by Crippen LogP contribution is -2.49. The van der Waals surface area contributed by atoms with Crippen LogP contribution in [0.5, 0.6) is 0 Å². The molecule has 0 spiro atoms. The first-order chi connectivity index (χ1) is 24.0. The molecule has 3 aromatic heterocycles. The van der Waals surface area contributed by atoms with Gasteiger partial charge in [-0.3, -0.25) is 28.9 Å². The van der Waals surface area contributed by atoms with Crippen molar-refractivity contribution in [3.63, 3.8) is 0 Å². The monoisotopic (exact) mass is 662 g/mol. The molecule has 0 radical (unpaired) electrons. The molecular formula is C37H46N10O2. The summed E-state index contributed by atoms with van der Waals surface area (Å²) in [6, 6.07) is 8.77. The van der Waals surface area contributed by atoms with Gasteiger partial charge >= 0.3 is 0 Å². The van der Waals surface area contributed by atoms with Crippen LogP contribution in [-0.2, 0) is 15.0 Å². The largest absolute Gasteiger partial charge is 0.369 e. The molecule has 3 aliphatic heterocycles. The summed E-state index contributed by atoms with van der Waals surface area (Å²) in [7, 11) is 0. The van der Waals surface area contributed by atoms with E-state index < -0.39 is 0 Å². The van der Waals surface area contributed by atoms with Crippen molar-refractivity contribution in [3.05, 3.63) is 66.5 Å². The minimum atomic E-state index is -0.228. The van der Waals surface area contributed by atoms with E-state index in [1.54, 1.807) is 0 Å². The van der Waals surface area contributed by atoms with Crippen LogP contribution in [0.1, 0.15) is 74.6 Å². The molecule has 9 rings (SSSR count). The third-order valence-electron chi connectivity index (χ3n) is 12.1. The quantitative estimate of drug-likeness (QED) is 0.256. The van der Waals surface area contributed by atoms with Gasteiger partial charge in [0.1, 0.15) is 0 Å². The molecule has 2 aliphatic carbocycles. The second-order valence-corrected chi connectivity index (χ2v) is 14.9. The summed E-state index contributed by atoms with van der Waals surface area (Å²) >= 11 is 0. The number of carbonyl (C=O) groups excluding carboxylic acids is 2. The van der Waals surface area contributed by atoms with E-state index in [-0.39, 0.29) is 17.7 Å². The van der Waals surface area contributed by atoms with E-state index >= 15 is 0 Å². The summed E-state index contributed by atoms with van der Waals surface area (Å²) in [5.41, 5.74) is 5.70. The standard InChI is InChI=1S/C37H46N10O2/c48-33-8-7-31(36(49)42-33)26-3-5-29(6-4-26)45-20-18-44(19-21-45)17-16-43-13-9-30(10-14-43)47-25-28(23-40-47)41-34-35-38-12-15-46(35)32(24-39-34)37-11-1-2-27(37)22-37/h3-6,12,15,23-25,27,30-31H,1-2,7-11,13-14,16-22H2,(H,39,41)(H,42,48,49). The molecule has 3 unspecified atom stereocenters. The van der Waals surface area contributed by atoms with Crippen molar-refractivity contribution in [1.29, 1.82) is 0 Å². The highest BCUT2D eigenvalue weighted by atomic mass is 16.2. The Hall–Kier alpha value is -4.29. The number of aromatic nitrogens is 5. The third kappa shape index (κ3) is 5.88. The SMILES string of the molecule is O=C1CCC(c2ccc(N3CCN(CCN4CCC(n5cc(Nc6ncc(C78CCCC7C8)n7ccnc67)cn5)CC4)CC3)cc2)C(=O)N1. The van der Waals surface area contributed by atoms with Gasteiger partial charge in [0.2, 0.25) is 11.8 Å². The Morgan fingerprint density at radius 1 is 0.898 bits per heavy atom. The first-order valence-corrected chi connectivity index (χ1v) is 18.3. The maximum Gasteiger partial charge on any atom is 0.234 e. The number of carbonyl (C=O) groups is 2. The normalized spacial score (nSPS) is 26.7. The second-order valence-electron chi connectivity index (χ2n) is 14.9. The van der Waals surface area contributed by atoms with Gasteiger partial charge in [0.05, 0.1) is 23.8 Å². The van der Waals surface area contributed by atoms with E-state index in [2.05, 4.69) is 82.3 Å². The van der Waals surface area contributed by atoms with Gasteiger partial charge in [-0.05, 0) is 62.1 Å². The number of likely N-dealkylation sites (tertiary alicyclic amines) is 1. The van der Waals surface area contributed by atoms with Crippen LogP contribution < -0.4 is 15.5 Å². The van der Waals surface area contributed by atoms with E-state index in [0.29, 0.717) is 24.3 Å². The molecule has 49 heavy (non-hydrogen) atoms. The van der Waals surface area contributed by atoms with Crippen LogP contribution in [0, 0.1) is 5.92 Å². The number of imide groups is 1.